The molecule has 1 heterocycles. The van der Waals surface area contributed by atoms with Gasteiger partial charge in [0.15, 0.2) is 6.29 Å². The second kappa shape index (κ2) is 10.7. The lowest BCUT2D eigenvalue weighted by Gasteiger charge is -2.36. The quantitative estimate of drug-likeness (QED) is 0.451. The average Bonchev–Trinajstić information content (AvgIpc) is 2.79. The minimum atomic E-state index is 0.554. The molecule has 0 aliphatic carbocycles. The third-order valence-corrected chi connectivity index (χ3v) is 5.27. The fourth-order valence-corrected chi connectivity index (χ4v) is 3.59. The molecule has 1 aliphatic heterocycles. The second-order valence-corrected chi connectivity index (χ2v) is 7.08. The molecule has 0 radical (unpaired) electrons. The first-order valence-electron chi connectivity index (χ1n) is 10.1. The Bertz CT molecular complexity index is 788. The summed E-state index contributed by atoms with van der Waals surface area (Å²) in [4.78, 5) is 16.0. The van der Waals surface area contributed by atoms with Gasteiger partial charge in [0.2, 0.25) is 0 Å². The van der Waals surface area contributed by atoms with Crippen LogP contribution >= 0.6 is 0 Å². The molecule has 6 nitrogen and oxygen atoms in total. The highest BCUT2D eigenvalue weighted by atomic mass is 16.5. The predicted molar refractivity (Wildman–Crippen MR) is 115 cm³/mol. The van der Waals surface area contributed by atoms with Crippen LogP contribution in [0.1, 0.15) is 23.2 Å². The van der Waals surface area contributed by atoms with Crippen LogP contribution in [0.4, 0.5) is 5.69 Å². The summed E-state index contributed by atoms with van der Waals surface area (Å²) in [6, 6.07) is 13.5. The Morgan fingerprint density at radius 3 is 2.45 bits per heavy atom. The first-order valence-corrected chi connectivity index (χ1v) is 10.1. The molecule has 0 unspecified atom stereocenters. The normalized spacial score (nSPS) is 14.5. The molecule has 0 aromatic heterocycles. The van der Waals surface area contributed by atoms with Crippen LogP contribution in [0.25, 0.3) is 0 Å². The zero-order chi connectivity index (χ0) is 20.5. The maximum Gasteiger partial charge on any atom is 0.153 e. The number of rotatable bonds is 10. The number of ether oxygens (including phenoxy) is 3. The minimum Gasteiger partial charge on any atom is -0.497 e. The third kappa shape index (κ3) is 5.64. The topological polar surface area (TPSA) is 51.2 Å². The van der Waals surface area contributed by atoms with Crippen molar-refractivity contribution in [2.24, 2.45) is 0 Å². The number of carbonyl (C=O) groups is 1. The van der Waals surface area contributed by atoms with Crippen LogP contribution in [0.3, 0.4) is 0 Å². The van der Waals surface area contributed by atoms with Gasteiger partial charge < -0.3 is 19.1 Å². The smallest absolute Gasteiger partial charge is 0.153 e. The fourth-order valence-electron chi connectivity index (χ4n) is 3.59. The van der Waals surface area contributed by atoms with Crippen molar-refractivity contribution in [3.05, 3.63) is 48.0 Å². The van der Waals surface area contributed by atoms with Crippen LogP contribution in [0.5, 0.6) is 17.2 Å². The predicted octanol–water partition coefficient (Wildman–Crippen LogP) is 3.50. The maximum atomic E-state index is 11.2. The maximum absolute atomic E-state index is 11.2. The van der Waals surface area contributed by atoms with Gasteiger partial charge in [-0.05, 0) is 43.7 Å². The van der Waals surface area contributed by atoms with Crippen LogP contribution in [0, 0.1) is 0 Å². The first-order chi connectivity index (χ1) is 14.2. The molecule has 6 heteroatoms. The molecule has 2 aromatic carbocycles. The van der Waals surface area contributed by atoms with E-state index in [1.807, 2.05) is 12.1 Å². The van der Waals surface area contributed by atoms with Crippen molar-refractivity contribution in [1.82, 2.24) is 4.90 Å². The Morgan fingerprint density at radius 2 is 1.72 bits per heavy atom. The Balaban J connectivity index is 1.38. The van der Waals surface area contributed by atoms with E-state index in [9.17, 15) is 4.79 Å². The number of hydrogen-bond acceptors (Lipinski definition) is 6. The molecule has 0 N–H and O–H groups in total. The van der Waals surface area contributed by atoms with Crippen molar-refractivity contribution < 1.29 is 19.0 Å². The summed E-state index contributed by atoms with van der Waals surface area (Å²) in [6.07, 6.45) is 2.83. The van der Waals surface area contributed by atoms with Crippen molar-refractivity contribution in [1.29, 1.82) is 0 Å². The van der Waals surface area contributed by atoms with Gasteiger partial charge in [-0.15, -0.1) is 0 Å². The lowest BCUT2D eigenvalue weighted by Crippen LogP contribution is -2.46. The van der Waals surface area contributed by atoms with E-state index in [4.69, 9.17) is 14.2 Å². The molecule has 0 spiro atoms. The Kier molecular flexibility index (Phi) is 7.76. The first kappa shape index (κ1) is 21.0. The van der Waals surface area contributed by atoms with E-state index in [0.29, 0.717) is 23.7 Å². The van der Waals surface area contributed by atoms with Gasteiger partial charge in [0.05, 0.1) is 32.1 Å². The van der Waals surface area contributed by atoms with Crippen molar-refractivity contribution in [3.8, 4) is 17.2 Å². The van der Waals surface area contributed by atoms with Crippen LogP contribution in [-0.2, 0) is 0 Å². The van der Waals surface area contributed by atoms with Crippen molar-refractivity contribution in [2.75, 3.05) is 58.5 Å². The van der Waals surface area contributed by atoms with Crippen LogP contribution < -0.4 is 19.1 Å². The zero-order valence-corrected chi connectivity index (χ0v) is 17.3. The zero-order valence-electron chi connectivity index (χ0n) is 17.3. The molecular weight excluding hydrogens is 368 g/mol. The van der Waals surface area contributed by atoms with Gasteiger partial charge in [-0.1, -0.05) is 12.1 Å². The van der Waals surface area contributed by atoms with Crippen molar-refractivity contribution in [2.45, 2.75) is 12.8 Å². The van der Waals surface area contributed by atoms with Gasteiger partial charge in [-0.2, -0.15) is 0 Å². The van der Waals surface area contributed by atoms with Crippen LogP contribution in [0.2, 0.25) is 0 Å². The van der Waals surface area contributed by atoms with Gasteiger partial charge in [0.1, 0.15) is 17.2 Å². The summed E-state index contributed by atoms with van der Waals surface area (Å²) in [7, 11) is 3.33. The highest BCUT2D eigenvalue weighted by Crippen LogP contribution is 2.28. The van der Waals surface area contributed by atoms with Crippen LogP contribution in [0.15, 0.2) is 42.5 Å². The monoisotopic (exact) mass is 398 g/mol. The average molecular weight is 399 g/mol. The molecule has 0 atom stereocenters. The van der Waals surface area contributed by atoms with E-state index in [1.165, 1.54) is 5.69 Å². The molecule has 156 valence electrons. The summed E-state index contributed by atoms with van der Waals surface area (Å²) in [5.74, 6) is 2.22. The number of piperazine rings is 1. The van der Waals surface area contributed by atoms with E-state index in [-0.39, 0.29) is 0 Å². The highest BCUT2D eigenvalue weighted by Gasteiger charge is 2.19. The number of methoxy groups -OCH3 is 2. The number of benzene rings is 2. The number of para-hydroxylation sites is 2. The number of carbonyl (C=O) groups excluding carboxylic acids is 1. The minimum absolute atomic E-state index is 0.554. The van der Waals surface area contributed by atoms with E-state index in [1.54, 1.807) is 32.4 Å². The summed E-state index contributed by atoms with van der Waals surface area (Å²) in [5.41, 5.74) is 1.73. The number of nitrogens with zero attached hydrogens (tertiary/aromatic N) is 2. The van der Waals surface area contributed by atoms with E-state index < -0.39 is 0 Å². The van der Waals surface area contributed by atoms with Gasteiger partial charge in [0.25, 0.3) is 0 Å². The van der Waals surface area contributed by atoms with Gasteiger partial charge in [0, 0.05) is 32.2 Å². The molecular formula is C23H30N2O4. The third-order valence-electron chi connectivity index (χ3n) is 5.27. The lowest BCUT2D eigenvalue weighted by molar-refractivity contribution is 0.111. The van der Waals surface area contributed by atoms with E-state index >= 15 is 0 Å². The highest BCUT2D eigenvalue weighted by molar-refractivity contribution is 5.79. The van der Waals surface area contributed by atoms with Crippen LogP contribution in [-0.4, -0.2) is 64.7 Å². The summed E-state index contributed by atoms with van der Waals surface area (Å²) < 4.78 is 16.5. The molecule has 1 saturated heterocycles. The Labute approximate surface area is 173 Å². The molecule has 0 amide bonds. The fraction of sp³-hybridized carbons (Fsp3) is 0.435. The standard InChI is InChI=1S/C23H30N2O4/c1-27-20-10-9-19(18-26)23(17-20)29-16-6-5-11-24-12-14-25(15-13-24)21-7-3-4-8-22(21)28-2/h3-4,7-10,17-18H,5-6,11-16H2,1-2H3. The summed E-state index contributed by atoms with van der Waals surface area (Å²) >= 11 is 0. The largest absolute Gasteiger partial charge is 0.497 e. The number of hydrogen-bond donors (Lipinski definition) is 0. The second-order valence-electron chi connectivity index (χ2n) is 7.08. The number of anilines is 1. The molecule has 29 heavy (non-hydrogen) atoms. The molecule has 1 fully saturated rings. The summed E-state index contributed by atoms with van der Waals surface area (Å²) in [5, 5.41) is 0. The van der Waals surface area contributed by atoms with Crippen molar-refractivity contribution >= 4 is 12.0 Å². The number of aldehydes is 1. The number of unbranched alkanes of at least 4 members (excludes halogenated alkanes) is 1. The van der Waals surface area contributed by atoms with Gasteiger partial charge in [-0.25, -0.2) is 0 Å². The van der Waals surface area contributed by atoms with E-state index in [0.717, 1.165) is 57.6 Å². The van der Waals surface area contributed by atoms with Gasteiger partial charge >= 0.3 is 0 Å². The van der Waals surface area contributed by atoms with Gasteiger partial charge in [-0.3, -0.25) is 9.69 Å². The summed E-state index contributed by atoms with van der Waals surface area (Å²) in [6.45, 7) is 5.75. The Hall–Kier alpha value is -2.73. The molecule has 0 saturated carbocycles. The van der Waals surface area contributed by atoms with Crippen molar-refractivity contribution in [3.63, 3.8) is 0 Å². The molecule has 2 aromatic rings. The molecule has 3 rings (SSSR count). The SMILES string of the molecule is COc1ccc(C=O)c(OCCCCN2CCN(c3ccccc3OC)CC2)c1. The van der Waals surface area contributed by atoms with E-state index in [2.05, 4.69) is 21.9 Å². The Morgan fingerprint density at radius 1 is 0.931 bits per heavy atom. The molecule has 0 bridgehead atoms. The molecule has 1 aliphatic rings. The lowest BCUT2D eigenvalue weighted by atomic mass is 10.2.